The third-order valence-electron chi connectivity index (χ3n) is 5.00. The van der Waals surface area contributed by atoms with Crippen molar-refractivity contribution in [2.24, 2.45) is 4.99 Å². The molecule has 3 aromatic rings. The standard InChI is InChI=1S/C23H22N2O7S/c1-4-30-22(28)14-9-10-15-18(11-14)33-23(25(15)12-19(26)29-3)24-21(27)20-13(2)31-16-7-5-6-8-17(16)32-20/h5-11,13,20H,4,12H2,1-3H3. The van der Waals surface area contributed by atoms with E-state index in [1.807, 2.05) is 6.07 Å². The number of thiazole rings is 1. The Morgan fingerprint density at radius 1 is 1.12 bits per heavy atom. The van der Waals surface area contributed by atoms with Gasteiger partial charge in [-0.15, -0.1) is 0 Å². The van der Waals surface area contributed by atoms with Crippen LogP contribution in [0.3, 0.4) is 0 Å². The quantitative estimate of drug-likeness (QED) is 0.528. The van der Waals surface area contributed by atoms with Crippen molar-refractivity contribution in [1.82, 2.24) is 4.57 Å². The Labute approximate surface area is 193 Å². The van der Waals surface area contributed by atoms with Crippen LogP contribution in [0.25, 0.3) is 10.2 Å². The zero-order valence-electron chi connectivity index (χ0n) is 18.3. The SMILES string of the molecule is CCOC(=O)c1ccc2c(c1)sc(=NC(=O)C1Oc3ccccc3OC1C)n2CC(=O)OC. The molecule has 2 atom stereocenters. The van der Waals surface area contributed by atoms with E-state index in [2.05, 4.69) is 4.99 Å². The Kier molecular flexibility index (Phi) is 6.45. The van der Waals surface area contributed by atoms with Gasteiger partial charge in [0.15, 0.2) is 16.3 Å². The third kappa shape index (κ3) is 4.61. The number of nitrogens with zero attached hydrogens (tertiary/aromatic N) is 2. The predicted octanol–water partition coefficient (Wildman–Crippen LogP) is 2.71. The van der Waals surface area contributed by atoms with Crippen LogP contribution in [-0.2, 0) is 25.6 Å². The summed E-state index contributed by atoms with van der Waals surface area (Å²) in [5.74, 6) is -0.488. The summed E-state index contributed by atoms with van der Waals surface area (Å²) in [5, 5.41) is 0. The Morgan fingerprint density at radius 2 is 1.85 bits per heavy atom. The molecule has 2 aromatic carbocycles. The average molecular weight is 471 g/mol. The van der Waals surface area contributed by atoms with Gasteiger partial charge in [-0.25, -0.2) is 4.79 Å². The molecule has 9 nitrogen and oxygen atoms in total. The molecule has 0 radical (unpaired) electrons. The first-order valence-electron chi connectivity index (χ1n) is 10.3. The number of esters is 2. The van der Waals surface area contributed by atoms with Crippen LogP contribution >= 0.6 is 11.3 Å². The molecule has 0 saturated heterocycles. The minimum Gasteiger partial charge on any atom is -0.482 e. The van der Waals surface area contributed by atoms with Gasteiger partial charge in [-0.2, -0.15) is 4.99 Å². The van der Waals surface area contributed by atoms with E-state index in [0.29, 0.717) is 27.3 Å². The first kappa shape index (κ1) is 22.5. The van der Waals surface area contributed by atoms with Gasteiger partial charge < -0.3 is 23.5 Å². The molecule has 1 aromatic heterocycles. The van der Waals surface area contributed by atoms with E-state index in [1.54, 1.807) is 54.8 Å². The van der Waals surface area contributed by atoms with Crippen LogP contribution in [0.5, 0.6) is 11.5 Å². The Bertz CT molecular complexity index is 1290. The first-order valence-corrected chi connectivity index (χ1v) is 11.1. The van der Waals surface area contributed by atoms with Gasteiger partial charge in [0.25, 0.3) is 5.91 Å². The Morgan fingerprint density at radius 3 is 2.55 bits per heavy atom. The van der Waals surface area contributed by atoms with Crippen LogP contribution in [0.15, 0.2) is 47.5 Å². The summed E-state index contributed by atoms with van der Waals surface area (Å²) in [5.41, 5.74) is 0.993. The monoisotopic (exact) mass is 470 g/mol. The van der Waals surface area contributed by atoms with Crippen molar-refractivity contribution in [3.8, 4) is 11.5 Å². The number of aromatic nitrogens is 1. The zero-order valence-corrected chi connectivity index (χ0v) is 19.1. The Hall–Kier alpha value is -3.66. The maximum absolute atomic E-state index is 13.1. The summed E-state index contributed by atoms with van der Waals surface area (Å²) >= 11 is 1.17. The third-order valence-corrected chi connectivity index (χ3v) is 6.04. The summed E-state index contributed by atoms with van der Waals surface area (Å²) in [7, 11) is 1.28. The molecular weight excluding hydrogens is 448 g/mol. The minimum atomic E-state index is -0.952. The van der Waals surface area contributed by atoms with Crippen molar-refractivity contribution in [1.29, 1.82) is 0 Å². The normalized spacial score (nSPS) is 17.6. The van der Waals surface area contributed by atoms with Gasteiger partial charge in [0.2, 0.25) is 6.10 Å². The molecule has 10 heteroatoms. The van der Waals surface area contributed by atoms with Gasteiger partial charge in [-0.3, -0.25) is 9.59 Å². The van der Waals surface area contributed by atoms with Crippen molar-refractivity contribution in [2.45, 2.75) is 32.6 Å². The lowest BCUT2D eigenvalue weighted by Crippen LogP contribution is -2.43. The summed E-state index contributed by atoms with van der Waals surface area (Å²) in [6, 6.07) is 12.0. The van der Waals surface area contributed by atoms with Crippen LogP contribution in [0.1, 0.15) is 24.2 Å². The maximum atomic E-state index is 13.1. The van der Waals surface area contributed by atoms with Crippen LogP contribution in [0.2, 0.25) is 0 Å². The minimum absolute atomic E-state index is 0.151. The second-order valence-electron chi connectivity index (χ2n) is 7.21. The summed E-state index contributed by atoms with van der Waals surface area (Å²) in [6.07, 6.45) is -1.51. The van der Waals surface area contributed by atoms with Crippen molar-refractivity contribution < 1.29 is 33.3 Å². The van der Waals surface area contributed by atoms with E-state index in [9.17, 15) is 14.4 Å². The fraction of sp³-hybridized carbons (Fsp3) is 0.304. The van der Waals surface area contributed by atoms with Crippen LogP contribution < -0.4 is 14.3 Å². The van der Waals surface area contributed by atoms with Crippen molar-refractivity contribution in [2.75, 3.05) is 13.7 Å². The molecule has 1 aliphatic rings. The highest BCUT2D eigenvalue weighted by atomic mass is 32.1. The van der Waals surface area contributed by atoms with E-state index in [4.69, 9.17) is 18.9 Å². The Balaban J connectivity index is 1.74. The van der Waals surface area contributed by atoms with Crippen LogP contribution in [0.4, 0.5) is 0 Å². The summed E-state index contributed by atoms with van der Waals surface area (Å²) in [6.45, 7) is 3.56. The number of ether oxygens (including phenoxy) is 4. The lowest BCUT2D eigenvalue weighted by Gasteiger charge is -2.29. The number of methoxy groups -OCH3 is 1. The molecule has 0 fully saturated rings. The predicted molar refractivity (Wildman–Crippen MR) is 119 cm³/mol. The fourth-order valence-electron chi connectivity index (χ4n) is 3.40. The number of carbonyl (C=O) groups is 3. The number of hydrogen-bond donors (Lipinski definition) is 0. The van der Waals surface area contributed by atoms with Gasteiger partial charge >= 0.3 is 11.9 Å². The van der Waals surface area contributed by atoms with Gasteiger partial charge in [-0.05, 0) is 44.2 Å². The van der Waals surface area contributed by atoms with E-state index in [-0.39, 0.29) is 18.0 Å². The largest absolute Gasteiger partial charge is 0.482 e. The highest BCUT2D eigenvalue weighted by Crippen LogP contribution is 2.33. The van der Waals surface area contributed by atoms with E-state index in [0.717, 1.165) is 0 Å². The number of hydrogen-bond acceptors (Lipinski definition) is 8. The smallest absolute Gasteiger partial charge is 0.338 e. The summed E-state index contributed by atoms with van der Waals surface area (Å²) < 4.78 is 23.7. The molecule has 33 heavy (non-hydrogen) atoms. The highest BCUT2D eigenvalue weighted by Gasteiger charge is 2.34. The molecule has 1 amide bonds. The first-order chi connectivity index (χ1) is 15.9. The van der Waals surface area contributed by atoms with Crippen molar-refractivity contribution in [3.05, 3.63) is 52.8 Å². The van der Waals surface area contributed by atoms with Crippen LogP contribution in [0, 0.1) is 0 Å². The molecule has 172 valence electrons. The molecule has 4 rings (SSSR count). The average Bonchev–Trinajstić information content (AvgIpc) is 3.14. The zero-order chi connectivity index (χ0) is 23.5. The maximum Gasteiger partial charge on any atom is 0.338 e. The van der Waals surface area contributed by atoms with Gasteiger partial charge in [0.05, 0.1) is 29.5 Å². The molecule has 2 heterocycles. The molecule has 0 bridgehead atoms. The molecule has 0 saturated carbocycles. The molecule has 0 spiro atoms. The number of benzene rings is 2. The number of fused-ring (bicyclic) bond motifs is 2. The lowest BCUT2D eigenvalue weighted by atomic mass is 10.1. The van der Waals surface area contributed by atoms with Gasteiger partial charge in [0.1, 0.15) is 12.6 Å². The molecule has 0 N–H and O–H groups in total. The number of para-hydroxylation sites is 2. The number of amides is 1. The highest BCUT2D eigenvalue weighted by molar-refractivity contribution is 7.16. The van der Waals surface area contributed by atoms with Crippen molar-refractivity contribution in [3.63, 3.8) is 0 Å². The van der Waals surface area contributed by atoms with E-state index < -0.39 is 30.1 Å². The molecule has 1 aliphatic heterocycles. The second kappa shape index (κ2) is 9.45. The molecule has 2 unspecified atom stereocenters. The molecular formula is C23H22N2O7S. The van der Waals surface area contributed by atoms with Crippen LogP contribution in [-0.4, -0.2) is 48.3 Å². The topological polar surface area (TPSA) is 105 Å². The lowest BCUT2D eigenvalue weighted by molar-refractivity contribution is -0.141. The van der Waals surface area contributed by atoms with E-state index >= 15 is 0 Å². The fourth-order valence-corrected chi connectivity index (χ4v) is 4.47. The van der Waals surface area contributed by atoms with Gasteiger partial charge in [0, 0.05) is 0 Å². The summed E-state index contributed by atoms with van der Waals surface area (Å²) in [4.78, 5) is 41.7. The van der Waals surface area contributed by atoms with Crippen molar-refractivity contribution >= 4 is 39.4 Å². The van der Waals surface area contributed by atoms with E-state index in [1.165, 1.54) is 18.4 Å². The molecule has 0 aliphatic carbocycles. The number of carbonyl (C=O) groups excluding carboxylic acids is 3. The number of rotatable bonds is 5. The van der Waals surface area contributed by atoms with Gasteiger partial charge in [-0.1, -0.05) is 23.5 Å². The second-order valence-corrected chi connectivity index (χ2v) is 8.22.